The van der Waals surface area contributed by atoms with Crippen LogP contribution >= 0.6 is 0 Å². The maximum absolute atomic E-state index is 12.8. The summed E-state index contributed by atoms with van der Waals surface area (Å²) in [5, 5.41) is 3.45. The molecule has 3 unspecified atom stereocenters. The zero-order valence-corrected chi connectivity index (χ0v) is 12.2. The third kappa shape index (κ3) is 2.81. The van der Waals surface area contributed by atoms with Gasteiger partial charge in [-0.1, -0.05) is 12.8 Å². The second-order valence-electron chi connectivity index (χ2n) is 6.86. The molecule has 108 valence electrons. The molecule has 0 spiro atoms. The molecule has 3 fully saturated rings. The number of carbonyl (C=O) groups is 1. The SMILES string of the molecule is CC1CC(C(=O)N2CCCC2C2CCCC2)CCN1. The fourth-order valence-corrected chi connectivity index (χ4v) is 4.49. The van der Waals surface area contributed by atoms with Gasteiger partial charge >= 0.3 is 0 Å². The number of piperidine rings is 1. The van der Waals surface area contributed by atoms with Crippen molar-refractivity contribution in [3.8, 4) is 0 Å². The van der Waals surface area contributed by atoms with Gasteiger partial charge in [0, 0.05) is 24.5 Å². The van der Waals surface area contributed by atoms with E-state index in [0.717, 1.165) is 31.8 Å². The molecule has 2 heterocycles. The Morgan fingerprint density at radius 1 is 1.11 bits per heavy atom. The molecule has 1 aliphatic carbocycles. The predicted molar refractivity (Wildman–Crippen MR) is 76.9 cm³/mol. The normalized spacial score (nSPS) is 36.9. The van der Waals surface area contributed by atoms with Gasteiger partial charge < -0.3 is 10.2 Å². The van der Waals surface area contributed by atoms with Crippen molar-refractivity contribution >= 4 is 5.91 Å². The first-order valence-corrected chi connectivity index (χ1v) is 8.29. The van der Waals surface area contributed by atoms with Gasteiger partial charge in [-0.05, 0) is 57.9 Å². The van der Waals surface area contributed by atoms with Crippen molar-refractivity contribution in [3.63, 3.8) is 0 Å². The summed E-state index contributed by atoms with van der Waals surface area (Å²) in [6.45, 7) is 4.25. The Kier molecular flexibility index (Phi) is 4.11. The van der Waals surface area contributed by atoms with Crippen molar-refractivity contribution in [2.24, 2.45) is 11.8 Å². The Morgan fingerprint density at radius 2 is 1.89 bits per heavy atom. The molecule has 3 aliphatic rings. The fourth-order valence-electron chi connectivity index (χ4n) is 4.49. The quantitative estimate of drug-likeness (QED) is 0.831. The molecule has 3 atom stereocenters. The summed E-state index contributed by atoms with van der Waals surface area (Å²) in [6, 6.07) is 1.09. The van der Waals surface area contributed by atoms with Crippen molar-refractivity contribution < 1.29 is 4.79 Å². The van der Waals surface area contributed by atoms with Gasteiger partial charge in [-0.3, -0.25) is 4.79 Å². The van der Waals surface area contributed by atoms with Gasteiger partial charge in [-0.25, -0.2) is 0 Å². The van der Waals surface area contributed by atoms with Crippen molar-refractivity contribution in [1.29, 1.82) is 0 Å². The minimum absolute atomic E-state index is 0.290. The smallest absolute Gasteiger partial charge is 0.226 e. The average molecular weight is 264 g/mol. The van der Waals surface area contributed by atoms with E-state index in [1.807, 2.05) is 0 Å². The van der Waals surface area contributed by atoms with Crippen LogP contribution in [0.25, 0.3) is 0 Å². The molecule has 3 rings (SSSR count). The molecule has 0 aromatic carbocycles. The molecule has 19 heavy (non-hydrogen) atoms. The summed E-state index contributed by atoms with van der Waals surface area (Å²) in [4.78, 5) is 15.1. The van der Waals surface area contributed by atoms with Gasteiger partial charge in [0.25, 0.3) is 0 Å². The zero-order chi connectivity index (χ0) is 13.2. The van der Waals surface area contributed by atoms with Crippen LogP contribution in [0.1, 0.15) is 58.3 Å². The van der Waals surface area contributed by atoms with Crippen LogP contribution in [0, 0.1) is 11.8 Å². The number of amides is 1. The molecule has 0 bridgehead atoms. The van der Waals surface area contributed by atoms with E-state index < -0.39 is 0 Å². The second kappa shape index (κ2) is 5.82. The van der Waals surface area contributed by atoms with E-state index in [-0.39, 0.29) is 0 Å². The number of hydrogen-bond acceptors (Lipinski definition) is 2. The summed E-state index contributed by atoms with van der Waals surface area (Å²) in [7, 11) is 0. The Balaban J connectivity index is 1.64. The van der Waals surface area contributed by atoms with Crippen LogP contribution in [0.5, 0.6) is 0 Å². The molecule has 0 aromatic heterocycles. The molecule has 0 aromatic rings. The highest BCUT2D eigenvalue weighted by atomic mass is 16.2. The number of nitrogens with one attached hydrogen (secondary N) is 1. The van der Waals surface area contributed by atoms with E-state index >= 15 is 0 Å². The van der Waals surface area contributed by atoms with Crippen LogP contribution in [-0.2, 0) is 4.79 Å². The molecule has 2 aliphatic heterocycles. The Hall–Kier alpha value is -0.570. The monoisotopic (exact) mass is 264 g/mol. The minimum atomic E-state index is 0.290. The van der Waals surface area contributed by atoms with E-state index in [2.05, 4.69) is 17.1 Å². The third-order valence-electron chi connectivity index (χ3n) is 5.50. The van der Waals surface area contributed by atoms with E-state index in [0.29, 0.717) is 23.9 Å². The molecule has 1 saturated carbocycles. The topological polar surface area (TPSA) is 32.3 Å². The van der Waals surface area contributed by atoms with Crippen molar-refractivity contribution in [1.82, 2.24) is 10.2 Å². The van der Waals surface area contributed by atoms with Crippen molar-refractivity contribution in [3.05, 3.63) is 0 Å². The summed E-state index contributed by atoms with van der Waals surface area (Å²) < 4.78 is 0. The lowest BCUT2D eigenvalue weighted by atomic mass is 9.90. The lowest BCUT2D eigenvalue weighted by molar-refractivity contribution is -0.138. The highest BCUT2D eigenvalue weighted by molar-refractivity contribution is 5.79. The zero-order valence-electron chi connectivity index (χ0n) is 12.2. The Morgan fingerprint density at radius 3 is 2.63 bits per heavy atom. The first-order valence-electron chi connectivity index (χ1n) is 8.29. The van der Waals surface area contributed by atoms with Crippen LogP contribution in [0.15, 0.2) is 0 Å². The van der Waals surface area contributed by atoms with Gasteiger partial charge in [0.05, 0.1) is 0 Å². The van der Waals surface area contributed by atoms with Crippen molar-refractivity contribution in [2.45, 2.75) is 70.4 Å². The second-order valence-corrected chi connectivity index (χ2v) is 6.86. The van der Waals surface area contributed by atoms with Gasteiger partial charge in [-0.15, -0.1) is 0 Å². The molecular formula is C16H28N2O. The Labute approximate surface area is 117 Å². The molecule has 3 nitrogen and oxygen atoms in total. The van der Waals surface area contributed by atoms with Gasteiger partial charge in [0.15, 0.2) is 0 Å². The lowest BCUT2D eigenvalue weighted by Crippen LogP contribution is -2.47. The predicted octanol–water partition coefficient (Wildman–Crippen LogP) is 2.56. The van der Waals surface area contributed by atoms with Gasteiger partial charge in [-0.2, -0.15) is 0 Å². The largest absolute Gasteiger partial charge is 0.339 e. The lowest BCUT2D eigenvalue weighted by Gasteiger charge is -2.35. The molecule has 2 saturated heterocycles. The Bertz CT molecular complexity index is 325. The van der Waals surface area contributed by atoms with Crippen LogP contribution in [0.2, 0.25) is 0 Å². The third-order valence-corrected chi connectivity index (χ3v) is 5.50. The van der Waals surface area contributed by atoms with Crippen LogP contribution in [-0.4, -0.2) is 36.0 Å². The minimum Gasteiger partial charge on any atom is -0.339 e. The van der Waals surface area contributed by atoms with Crippen LogP contribution < -0.4 is 5.32 Å². The molecule has 1 amide bonds. The molecule has 3 heteroatoms. The molecular weight excluding hydrogens is 236 g/mol. The standard InChI is InChI=1S/C16H28N2O/c1-12-11-14(8-9-17-12)16(19)18-10-4-7-15(18)13-5-2-3-6-13/h12-15,17H,2-11H2,1H3. The van der Waals surface area contributed by atoms with E-state index in [1.54, 1.807) is 0 Å². The first kappa shape index (κ1) is 13.4. The highest BCUT2D eigenvalue weighted by Crippen LogP contribution is 2.36. The number of likely N-dealkylation sites (tertiary alicyclic amines) is 1. The first-order chi connectivity index (χ1) is 9.25. The maximum atomic E-state index is 12.8. The number of nitrogens with zero attached hydrogens (tertiary/aromatic N) is 1. The summed E-state index contributed by atoms with van der Waals surface area (Å²) in [5.41, 5.74) is 0. The summed E-state index contributed by atoms with van der Waals surface area (Å²) >= 11 is 0. The van der Waals surface area contributed by atoms with E-state index in [9.17, 15) is 4.79 Å². The van der Waals surface area contributed by atoms with E-state index in [1.165, 1.54) is 38.5 Å². The summed E-state index contributed by atoms with van der Waals surface area (Å²) in [6.07, 6.45) is 10.0. The van der Waals surface area contributed by atoms with Crippen molar-refractivity contribution in [2.75, 3.05) is 13.1 Å². The highest BCUT2D eigenvalue weighted by Gasteiger charge is 2.38. The maximum Gasteiger partial charge on any atom is 0.226 e. The van der Waals surface area contributed by atoms with Crippen LogP contribution in [0.4, 0.5) is 0 Å². The number of hydrogen-bond donors (Lipinski definition) is 1. The van der Waals surface area contributed by atoms with Crippen LogP contribution in [0.3, 0.4) is 0 Å². The number of rotatable bonds is 2. The van der Waals surface area contributed by atoms with Gasteiger partial charge in [0.1, 0.15) is 0 Å². The molecule has 1 N–H and O–H groups in total. The fraction of sp³-hybridized carbons (Fsp3) is 0.938. The molecule has 0 radical (unpaired) electrons. The average Bonchev–Trinajstić information content (AvgIpc) is 3.08. The van der Waals surface area contributed by atoms with E-state index in [4.69, 9.17) is 0 Å². The summed E-state index contributed by atoms with van der Waals surface area (Å²) in [5.74, 6) is 1.58. The number of carbonyl (C=O) groups excluding carboxylic acids is 1. The van der Waals surface area contributed by atoms with Gasteiger partial charge in [0.2, 0.25) is 5.91 Å².